The molecule has 0 radical (unpaired) electrons. The van der Waals surface area contributed by atoms with Crippen molar-refractivity contribution in [3.8, 4) is 6.07 Å². The summed E-state index contributed by atoms with van der Waals surface area (Å²) >= 11 is 6.53. The summed E-state index contributed by atoms with van der Waals surface area (Å²) in [6.45, 7) is 2.12. The van der Waals surface area contributed by atoms with E-state index < -0.39 is 10.0 Å². The van der Waals surface area contributed by atoms with Crippen molar-refractivity contribution in [2.45, 2.75) is 43.5 Å². The van der Waals surface area contributed by atoms with Crippen molar-refractivity contribution >= 4 is 33.0 Å². The summed E-state index contributed by atoms with van der Waals surface area (Å²) in [4.78, 5) is 7.91. The molecule has 0 saturated carbocycles. The van der Waals surface area contributed by atoms with Crippen molar-refractivity contribution in [3.05, 3.63) is 76.3 Å². The number of sulfonamides is 1. The number of nitrogens with two attached hydrogens (primary N) is 1. The number of hydrazone groups is 1. The first-order chi connectivity index (χ1) is 15.8. The maximum absolute atomic E-state index is 11.6. The standard InChI is InChI=1S/C23H23ClN6O2S/c1-2-3-4-21-27-22(23(24)28-21)20-13-19(16-7-11-18(12-8-16)33(26,31)32)29-30(20)17-9-5-15(14-25)6-10-17/h5-12,20H,2-4,13H2,1H3,(H,27,28)(H2,26,31,32). The fourth-order valence-corrected chi connectivity index (χ4v) is 4.56. The molecule has 1 aliphatic heterocycles. The van der Waals surface area contributed by atoms with Crippen LogP contribution in [0.15, 0.2) is 58.5 Å². The van der Waals surface area contributed by atoms with Gasteiger partial charge in [0.05, 0.1) is 33.6 Å². The highest BCUT2D eigenvalue weighted by Gasteiger charge is 2.33. The first kappa shape index (κ1) is 23.0. The lowest BCUT2D eigenvalue weighted by Gasteiger charge is -2.23. The number of halogens is 1. The highest BCUT2D eigenvalue weighted by Crippen LogP contribution is 2.38. The van der Waals surface area contributed by atoms with E-state index in [0.717, 1.165) is 47.7 Å². The molecule has 33 heavy (non-hydrogen) atoms. The summed E-state index contributed by atoms with van der Waals surface area (Å²) in [6.07, 6.45) is 3.40. The molecule has 1 aromatic heterocycles. The van der Waals surface area contributed by atoms with Gasteiger partial charge in [0.15, 0.2) is 5.15 Å². The van der Waals surface area contributed by atoms with Gasteiger partial charge in [-0.2, -0.15) is 10.4 Å². The number of imidazole rings is 1. The van der Waals surface area contributed by atoms with E-state index in [1.165, 1.54) is 12.1 Å². The van der Waals surface area contributed by atoms with Crippen LogP contribution in [0, 0.1) is 11.3 Å². The van der Waals surface area contributed by atoms with Crippen molar-refractivity contribution in [1.82, 2.24) is 9.97 Å². The smallest absolute Gasteiger partial charge is 0.238 e. The lowest BCUT2D eigenvalue weighted by molar-refractivity contribution is 0.598. The maximum Gasteiger partial charge on any atom is 0.238 e. The Labute approximate surface area is 197 Å². The first-order valence-corrected chi connectivity index (χ1v) is 12.5. The minimum atomic E-state index is -3.78. The number of aryl methyl sites for hydroxylation is 1. The number of unbranched alkanes of at least 4 members (excludes halogenated alkanes) is 1. The maximum atomic E-state index is 11.6. The number of rotatable bonds is 7. The van der Waals surface area contributed by atoms with Gasteiger partial charge in [-0.3, -0.25) is 5.01 Å². The van der Waals surface area contributed by atoms with Crippen molar-refractivity contribution in [3.63, 3.8) is 0 Å². The monoisotopic (exact) mass is 482 g/mol. The second-order valence-electron chi connectivity index (χ2n) is 7.83. The van der Waals surface area contributed by atoms with E-state index in [0.29, 0.717) is 17.1 Å². The van der Waals surface area contributed by atoms with Gasteiger partial charge in [-0.15, -0.1) is 0 Å². The quantitative estimate of drug-likeness (QED) is 0.519. The Bertz CT molecular complexity index is 1320. The number of anilines is 1. The number of aromatic nitrogens is 2. The molecule has 4 rings (SSSR count). The molecule has 1 unspecified atom stereocenters. The van der Waals surface area contributed by atoms with Crippen LogP contribution in [-0.2, 0) is 16.4 Å². The highest BCUT2D eigenvalue weighted by atomic mass is 35.5. The molecule has 3 N–H and O–H groups in total. The molecule has 10 heteroatoms. The number of nitriles is 1. The highest BCUT2D eigenvalue weighted by molar-refractivity contribution is 7.89. The first-order valence-electron chi connectivity index (χ1n) is 10.5. The number of benzene rings is 2. The van der Waals surface area contributed by atoms with Crippen LogP contribution in [0.1, 0.15) is 54.9 Å². The third-order valence-electron chi connectivity index (χ3n) is 5.52. The van der Waals surface area contributed by atoms with Gasteiger partial charge in [0.1, 0.15) is 11.9 Å². The topological polar surface area (TPSA) is 128 Å². The number of hydrogen-bond acceptors (Lipinski definition) is 6. The molecule has 0 fully saturated rings. The molecule has 8 nitrogen and oxygen atoms in total. The second kappa shape index (κ2) is 9.35. The molecule has 2 aromatic carbocycles. The van der Waals surface area contributed by atoms with Crippen LogP contribution in [-0.4, -0.2) is 24.1 Å². The molecule has 1 atom stereocenters. The van der Waals surface area contributed by atoms with Crippen molar-refractivity contribution < 1.29 is 8.42 Å². The molecular weight excluding hydrogens is 460 g/mol. The van der Waals surface area contributed by atoms with Gasteiger partial charge in [-0.05, 0) is 48.4 Å². The fourth-order valence-electron chi connectivity index (χ4n) is 3.77. The number of primary sulfonamides is 1. The predicted molar refractivity (Wildman–Crippen MR) is 128 cm³/mol. The molecule has 170 valence electrons. The van der Waals surface area contributed by atoms with Crippen molar-refractivity contribution in [2.24, 2.45) is 10.2 Å². The number of H-pyrrole nitrogens is 1. The summed E-state index contributed by atoms with van der Waals surface area (Å²) in [5, 5.41) is 21.4. The Morgan fingerprint density at radius 3 is 2.52 bits per heavy atom. The zero-order valence-corrected chi connectivity index (χ0v) is 19.6. The Kier molecular flexibility index (Phi) is 6.51. The third kappa shape index (κ3) is 4.93. The molecule has 1 aliphatic rings. The van der Waals surface area contributed by atoms with E-state index in [1.54, 1.807) is 24.3 Å². The number of aromatic amines is 1. The van der Waals surface area contributed by atoms with E-state index in [-0.39, 0.29) is 10.9 Å². The molecule has 0 spiro atoms. The van der Waals surface area contributed by atoms with E-state index in [4.69, 9.17) is 27.1 Å². The van der Waals surface area contributed by atoms with Gasteiger partial charge < -0.3 is 4.98 Å². The Hall–Kier alpha value is -3.19. The van der Waals surface area contributed by atoms with E-state index >= 15 is 0 Å². The second-order valence-corrected chi connectivity index (χ2v) is 9.75. The summed E-state index contributed by atoms with van der Waals surface area (Å²) in [7, 11) is -3.78. The summed E-state index contributed by atoms with van der Waals surface area (Å²) < 4.78 is 23.2. The van der Waals surface area contributed by atoms with Crippen LogP contribution in [0.5, 0.6) is 0 Å². The van der Waals surface area contributed by atoms with Crippen LogP contribution in [0.2, 0.25) is 5.15 Å². The minimum absolute atomic E-state index is 0.0440. The Balaban J connectivity index is 1.71. The average Bonchev–Trinajstić information content (AvgIpc) is 3.40. The molecular formula is C23H23ClN6O2S. The van der Waals surface area contributed by atoms with Crippen LogP contribution in [0.4, 0.5) is 5.69 Å². The summed E-state index contributed by atoms with van der Waals surface area (Å²) in [6, 6.07) is 15.4. The molecule has 0 aliphatic carbocycles. The van der Waals surface area contributed by atoms with Crippen LogP contribution in [0.3, 0.4) is 0 Å². The average molecular weight is 483 g/mol. The summed E-state index contributed by atoms with van der Waals surface area (Å²) in [5.41, 5.74) is 3.68. The summed E-state index contributed by atoms with van der Waals surface area (Å²) in [5.74, 6) is 0.836. The lowest BCUT2D eigenvalue weighted by Crippen LogP contribution is -2.19. The van der Waals surface area contributed by atoms with Crippen LogP contribution in [0.25, 0.3) is 0 Å². The van der Waals surface area contributed by atoms with Crippen molar-refractivity contribution in [1.29, 1.82) is 5.26 Å². The minimum Gasteiger partial charge on any atom is -0.343 e. The molecule has 2 heterocycles. The van der Waals surface area contributed by atoms with E-state index in [1.807, 2.05) is 17.1 Å². The Morgan fingerprint density at radius 1 is 1.21 bits per heavy atom. The molecule has 0 amide bonds. The van der Waals surface area contributed by atoms with Crippen molar-refractivity contribution in [2.75, 3.05) is 5.01 Å². The molecule has 0 saturated heterocycles. The number of nitrogens with one attached hydrogen (secondary N) is 1. The molecule has 3 aromatic rings. The van der Waals surface area contributed by atoms with Gasteiger partial charge in [0.2, 0.25) is 10.0 Å². The fraction of sp³-hybridized carbons (Fsp3) is 0.261. The van der Waals surface area contributed by atoms with Gasteiger partial charge in [0, 0.05) is 12.8 Å². The number of nitrogens with zero attached hydrogens (tertiary/aromatic N) is 4. The van der Waals surface area contributed by atoms with Gasteiger partial charge in [-0.1, -0.05) is 37.1 Å². The zero-order chi connectivity index (χ0) is 23.6. The van der Waals surface area contributed by atoms with Gasteiger partial charge in [0.25, 0.3) is 0 Å². The van der Waals surface area contributed by atoms with Gasteiger partial charge >= 0.3 is 0 Å². The zero-order valence-electron chi connectivity index (χ0n) is 18.0. The SMILES string of the molecule is CCCCc1nc(Cl)c(C2CC(c3ccc(S(N)(=O)=O)cc3)=NN2c2ccc(C#N)cc2)[nH]1. The van der Waals surface area contributed by atoms with E-state index in [2.05, 4.69) is 23.0 Å². The van der Waals surface area contributed by atoms with Gasteiger partial charge in [-0.25, -0.2) is 18.5 Å². The number of hydrogen-bond donors (Lipinski definition) is 2. The predicted octanol–water partition coefficient (Wildman–Crippen LogP) is 4.28. The van der Waals surface area contributed by atoms with E-state index in [9.17, 15) is 8.42 Å². The Morgan fingerprint density at radius 2 is 1.91 bits per heavy atom. The normalized spacial score (nSPS) is 16.0. The largest absolute Gasteiger partial charge is 0.343 e. The lowest BCUT2D eigenvalue weighted by atomic mass is 10.0. The van der Waals surface area contributed by atoms with Crippen LogP contribution >= 0.6 is 11.6 Å². The molecule has 0 bridgehead atoms. The third-order valence-corrected chi connectivity index (χ3v) is 6.74. The van der Waals surface area contributed by atoms with Crippen LogP contribution < -0.4 is 10.1 Å².